The van der Waals surface area contributed by atoms with Crippen molar-refractivity contribution in [1.29, 1.82) is 0 Å². The SMILES string of the molecule is Cc1ccc(S(=O)(=O)N2CCN(S(=O)(=O)c3ccc(C)c(C)c3)[C@H](C)C2)cc1C. The van der Waals surface area contributed by atoms with Crippen molar-refractivity contribution in [2.24, 2.45) is 0 Å². The van der Waals surface area contributed by atoms with Gasteiger partial charge in [-0.05, 0) is 81.1 Å². The number of hydrogen-bond donors (Lipinski definition) is 0. The van der Waals surface area contributed by atoms with Gasteiger partial charge in [-0.1, -0.05) is 12.1 Å². The van der Waals surface area contributed by atoms with Crippen molar-refractivity contribution < 1.29 is 16.8 Å². The van der Waals surface area contributed by atoms with E-state index in [-0.39, 0.29) is 29.4 Å². The molecule has 158 valence electrons. The molecule has 2 aromatic rings. The Hall–Kier alpha value is -1.74. The van der Waals surface area contributed by atoms with E-state index in [1.165, 1.54) is 8.61 Å². The Morgan fingerprint density at radius 3 is 1.66 bits per heavy atom. The van der Waals surface area contributed by atoms with Crippen LogP contribution in [0, 0.1) is 27.7 Å². The molecule has 1 fully saturated rings. The van der Waals surface area contributed by atoms with Gasteiger partial charge in [-0.3, -0.25) is 0 Å². The monoisotopic (exact) mass is 436 g/mol. The summed E-state index contributed by atoms with van der Waals surface area (Å²) in [5.41, 5.74) is 3.88. The van der Waals surface area contributed by atoms with Crippen LogP contribution in [0.15, 0.2) is 46.2 Å². The van der Waals surface area contributed by atoms with Crippen LogP contribution in [0.25, 0.3) is 0 Å². The van der Waals surface area contributed by atoms with Crippen molar-refractivity contribution in [3.63, 3.8) is 0 Å². The first-order chi connectivity index (χ1) is 13.4. The zero-order valence-corrected chi connectivity index (χ0v) is 19.1. The molecule has 0 aromatic heterocycles. The molecule has 0 saturated carbocycles. The average Bonchev–Trinajstić information content (AvgIpc) is 2.65. The normalized spacial score (nSPS) is 19.4. The summed E-state index contributed by atoms with van der Waals surface area (Å²) in [4.78, 5) is 0.496. The smallest absolute Gasteiger partial charge is 0.207 e. The van der Waals surface area contributed by atoms with Crippen molar-refractivity contribution >= 4 is 20.0 Å². The summed E-state index contributed by atoms with van der Waals surface area (Å²) in [5.74, 6) is 0. The summed E-state index contributed by atoms with van der Waals surface area (Å²) < 4.78 is 55.2. The molecule has 8 heteroatoms. The first-order valence-electron chi connectivity index (χ1n) is 9.61. The molecule has 1 saturated heterocycles. The number of rotatable bonds is 4. The van der Waals surface area contributed by atoms with Crippen molar-refractivity contribution in [1.82, 2.24) is 8.61 Å². The van der Waals surface area contributed by atoms with Gasteiger partial charge in [-0.15, -0.1) is 0 Å². The zero-order chi connectivity index (χ0) is 21.6. The molecular formula is C21H28N2O4S2. The molecule has 0 radical (unpaired) electrons. The van der Waals surface area contributed by atoms with E-state index in [2.05, 4.69) is 0 Å². The van der Waals surface area contributed by atoms with E-state index in [4.69, 9.17) is 0 Å². The van der Waals surface area contributed by atoms with Gasteiger partial charge in [0.25, 0.3) is 0 Å². The van der Waals surface area contributed by atoms with Crippen LogP contribution in [0.4, 0.5) is 0 Å². The van der Waals surface area contributed by atoms with E-state index in [1.54, 1.807) is 43.3 Å². The molecule has 3 rings (SSSR count). The predicted molar refractivity (Wildman–Crippen MR) is 114 cm³/mol. The van der Waals surface area contributed by atoms with Gasteiger partial charge in [0.2, 0.25) is 20.0 Å². The lowest BCUT2D eigenvalue weighted by molar-refractivity contribution is 0.212. The highest BCUT2D eigenvalue weighted by Crippen LogP contribution is 2.26. The van der Waals surface area contributed by atoms with Gasteiger partial charge in [-0.2, -0.15) is 8.61 Å². The highest BCUT2D eigenvalue weighted by Gasteiger charge is 2.38. The van der Waals surface area contributed by atoms with Gasteiger partial charge >= 0.3 is 0 Å². The molecule has 6 nitrogen and oxygen atoms in total. The second-order valence-corrected chi connectivity index (χ2v) is 11.6. The van der Waals surface area contributed by atoms with Crippen molar-refractivity contribution in [2.45, 2.75) is 50.5 Å². The fourth-order valence-corrected chi connectivity index (χ4v) is 6.81. The van der Waals surface area contributed by atoms with Gasteiger partial charge in [0.1, 0.15) is 0 Å². The van der Waals surface area contributed by atoms with Crippen molar-refractivity contribution in [3.05, 3.63) is 58.7 Å². The van der Waals surface area contributed by atoms with Gasteiger partial charge in [-0.25, -0.2) is 16.8 Å². The third-order valence-electron chi connectivity index (χ3n) is 5.73. The molecule has 0 bridgehead atoms. The Balaban J connectivity index is 1.84. The van der Waals surface area contributed by atoms with Gasteiger partial charge < -0.3 is 0 Å². The molecule has 0 unspecified atom stereocenters. The molecule has 2 aromatic carbocycles. The van der Waals surface area contributed by atoms with E-state index in [0.717, 1.165) is 22.3 Å². The second kappa shape index (κ2) is 7.83. The Morgan fingerprint density at radius 2 is 1.21 bits per heavy atom. The fraction of sp³-hybridized carbons (Fsp3) is 0.429. The topological polar surface area (TPSA) is 74.8 Å². The zero-order valence-electron chi connectivity index (χ0n) is 17.5. The molecule has 1 aliphatic rings. The number of sulfonamides is 2. The molecular weight excluding hydrogens is 408 g/mol. The fourth-order valence-electron chi connectivity index (χ4n) is 3.52. The number of aryl methyl sites for hydroxylation is 4. The Labute approximate surface area is 174 Å². The molecule has 1 atom stereocenters. The third-order valence-corrected chi connectivity index (χ3v) is 9.60. The maximum atomic E-state index is 13.1. The Bertz CT molecular complexity index is 1140. The maximum absolute atomic E-state index is 13.1. The van der Waals surface area contributed by atoms with Gasteiger partial charge in [0, 0.05) is 25.7 Å². The van der Waals surface area contributed by atoms with Crippen LogP contribution < -0.4 is 0 Å². The largest absolute Gasteiger partial charge is 0.243 e. The van der Waals surface area contributed by atoms with E-state index in [1.807, 2.05) is 27.7 Å². The minimum Gasteiger partial charge on any atom is -0.207 e. The van der Waals surface area contributed by atoms with Crippen LogP contribution in [-0.2, 0) is 20.0 Å². The van der Waals surface area contributed by atoms with Crippen LogP contribution >= 0.6 is 0 Å². The average molecular weight is 437 g/mol. The molecule has 29 heavy (non-hydrogen) atoms. The summed E-state index contributed by atoms with van der Waals surface area (Å²) in [6.45, 7) is 9.76. The predicted octanol–water partition coefficient (Wildman–Crippen LogP) is 3.00. The summed E-state index contributed by atoms with van der Waals surface area (Å²) in [7, 11) is -7.35. The lowest BCUT2D eigenvalue weighted by atomic mass is 10.1. The van der Waals surface area contributed by atoms with Crippen LogP contribution in [0.1, 0.15) is 29.2 Å². The molecule has 0 aliphatic carbocycles. The van der Waals surface area contributed by atoms with Crippen LogP contribution in [0.5, 0.6) is 0 Å². The molecule has 0 amide bonds. The van der Waals surface area contributed by atoms with E-state index in [0.29, 0.717) is 0 Å². The van der Waals surface area contributed by atoms with E-state index in [9.17, 15) is 16.8 Å². The minimum absolute atomic E-state index is 0.124. The van der Waals surface area contributed by atoms with Crippen molar-refractivity contribution in [2.75, 3.05) is 19.6 Å². The third kappa shape index (κ3) is 4.12. The van der Waals surface area contributed by atoms with Gasteiger partial charge in [0.05, 0.1) is 9.79 Å². The Morgan fingerprint density at radius 1 is 0.724 bits per heavy atom. The molecule has 0 N–H and O–H groups in total. The first kappa shape index (κ1) is 22.0. The number of hydrogen-bond acceptors (Lipinski definition) is 4. The van der Waals surface area contributed by atoms with Gasteiger partial charge in [0.15, 0.2) is 0 Å². The number of nitrogens with zero attached hydrogens (tertiary/aromatic N) is 2. The Kier molecular flexibility index (Phi) is 5.93. The second-order valence-electron chi connectivity index (χ2n) is 7.82. The highest BCUT2D eigenvalue weighted by molar-refractivity contribution is 7.89. The summed E-state index contributed by atoms with van der Waals surface area (Å²) in [6, 6.07) is 9.71. The van der Waals surface area contributed by atoms with Crippen LogP contribution in [0.2, 0.25) is 0 Å². The van der Waals surface area contributed by atoms with Crippen LogP contribution in [-0.4, -0.2) is 51.1 Å². The number of piperazine rings is 1. The lowest BCUT2D eigenvalue weighted by Crippen LogP contribution is -2.55. The van der Waals surface area contributed by atoms with E-state index >= 15 is 0 Å². The standard InChI is InChI=1S/C21H28N2O4S2/c1-15-6-8-20(12-17(15)3)28(24,25)22-10-11-23(19(5)14-22)29(26,27)21-9-7-16(2)18(4)13-21/h6-9,12-13,19H,10-11,14H2,1-5H3/t19-/m1/s1. The highest BCUT2D eigenvalue weighted by atomic mass is 32.2. The van der Waals surface area contributed by atoms with Crippen LogP contribution in [0.3, 0.4) is 0 Å². The van der Waals surface area contributed by atoms with Crippen molar-refractivity contribution in [3.8, 4) is 0 Å². The summed E-state index contributed by atoms with van der Waals surface area (Å²) in [6.07, 6.45) is 0. The number of benzene rings is 2. The summed E-state index contributed by atoms with van der Waals surface area (Å²) >= 11 is 0. The minimum atomic E-state index is -3.68. The molecule has 0 spiro atoms. The maximum Gasteiger partial charge on any atom is 0.243 e. The molecule has 1 aliphatic heterocycles. The first-order valence-corrected chi connectivity index (χ1v) is 12.5. The quantitative estimate of drug-likeness (QED) is 0.738. The summed E-state index contributed by atoms with van der Waals surface area (Å²) in [5, 5.41) is 0. The van der Waals surface area contributed by atoms with E-state index < -0.39 is 26.1 Å². The molecule has 1 heterocycles. The lowest BCUT2D eigenvalue weighted by Gasteiger charge is -2.38.